The maximum absolute atomic E-state index is 5.66. The second-order valence-corrected chi connectivity index (χ2v) is 8.09. The molecule has 2 aromatic carbocycles. The molecular weight excluding hydrogens is 376 g/mol. The molecule has 0 bridgehead atoms. The third-order valence-electron chi connectivity index (χ3n) is 4.59. The molecule has 0 aliphatic heterocycles. The second-order valence-electron chi connectivity index (χ2n) is 8.09. The van der Waals surface area contributed by atoms with E-state index in [9.17, 15) is 0 Å². The quantitative estimate of drug-likeness (QED) is 0.247. The molecule has 0 unspecified atom stereocenters. The van der Waals surface area contributed by atoms with Crippen molar-refractivity contribution in [2.24, 2.45) is 5.92 Å². The van der Waals surface area contributed by atoms with Crippen LogP contribution in [0.2, 0.25) is 0 Å². The summed E-state index contributed by atoms with van der Waals surface area (Å²) < 4.78 is 5.66. The molecule has 0 spiro atoms. The molecule has 0 aromatic heterocycles. The van der Waals surface area contributed by atoms with Gasteiger partial charge in [-0.25, -0.2) is 0 Å². The van der Waals surface area contributed by atoms with Crippen LogP contribution in [0.3, 0.4) is 0 Å². The van der Waals surface area contributed by atoms with Crippen LogP contribution >= 0.6 is 0 Å². The summed E-state index contributed by atoms with van der Waals surface area (Å²) in [4.78, 5) is 0. The molecule has 0 atom stereocenters. The summed E-state index contributed by atoms with van der Waals surface area (Å²) in [7, 11) is 0. The van der Waals surface area contributed by atoms with Gasteiger partial charge >= 0.3 is 0 Å². The highest BCUT2D eigenvalue weighted by Gasteiger charge is 1.92. The number of aryl methyl sites for hydroxylation is 1. The van der Waals surface area contributed by atoms with Gasteiger partial charge in [0.2, 0.25) is 0 Å². The van der Waals surface area contributed by atoms with Gasteiger partial charge in [0.05, 0.1) is 13.2 Å². The Balaban J connectivity index is 0.000000399. The molecule has 0 heterocycles. The molecule has 0 amide bonds. The van der Waals surface area contributed by atoms with E-state index in [1.54, 1.807) is 0 Å². The number of unbranched alkanes of at least 4 members (excludes halogenated alkanes) is 2. The minimum atomic E-state index is 0.557. The van der Waals surface area contributed by atoms with E-state index in [0.29, 0.717) is 19.1 Å². The Labute approximate surface area is 191 Å². The van der Waals surface area contributed by atoms with Gasteiger partial charge in [0.1, 0.15) is 0 Å². The first-order chi connectivity index (χ1) is 15.2. The van der Waals surface area contributed by atoms with Crippen molar-refractivity contribution in [1.29, 1.82) is 0 Å². The molecule has 0 N–H and O–H groups in total. The first kappa shape index (κ1) is 26.7. The van der Waals surface area contributed by atoms with Gasteiger partial charge in [-0.2, -0.15) is 0 Å². The summed E-state index contributed by atoms with van der Waals surface area (Å²) >= 11 is 0. The van der Waals surface area contributed by atoms with Crippen LogP contribution < -0.4 is 0 Å². The molecule has 2 rings (SSSR count). The van der Waals surface area contributed by atoms with Gasteiger partial charge in [-0.3, -0.25) is 0 Å². The molecule has 0 aliphatic rings. The topological polar surface area (TPSA) is 9.23 Å². The minimum absolute atomic E-state index is 0.557. The molecule has 168 valence electrons. The van der Waals surface area contributed by atoms with Crippen LogP contribution in [0.5, 0.6) is 0 Å². The molecular formula is C30H42O. The fourth-order valence-corrected chi connectivity index (χ4v) is 2.97. The average Bonchev–Trinajstić information content (AvgIpc) is 2.79. The van der Waals surface area contributed by atoms with Crippen LogP contribution in [-0.2, 0) is 17.8 Å². The van der Waals surface area contributed by atoms with Crippen molar-refractivity contribution in [3.8, 4) is 0 Å². The van der Waals surface area contributed by atoms with Crippen LogP contribution in [0.15, 0.2) is 96.6 Å². The Morgan fingerprint density at radius 3 is 2.00 bits per heavy atom. The van der Waals surface area contributed by atoms with Crippen molar-refractivity contribution >= 4 is 0 Å². The van der Waals surface area contributed by atoms with Crippen molar-refractivity contribution in [3.63, 3.8) is 0 Å². The van der Waals surface area contributed by atoms with Crippen molar-refractivity contribution in [2.45, 2.75) is 66.4 Å². The maximum atomic E-state index is 5.66. The Bertz CT molecular complexity index is 738. The van der Waals surface area contributed by atoms with E-state index in [4.69, 9.17) is 4.74 Å². The van der Waals surface area contributed by atoms with Crippen LogP contribution in [0.1, 0.15) is 64.5 Å². The molecule has 0 saturated carbocycles. The lowest BCUT2D eigenvalue weighted by Crippen LogP contribution is -1.92. The number of hydrogen-bond acceptors (Lipinski definition) is 1. The van der Waals surface area contributed by atoms with E-state index >= 15 is 0 Å². The summed E-state index contributed by atoms with van der Waals surface area (Å²) in [5, 5.41) is 0. The summed E-state index contributed by atoms with van der Waals surface area (Å²) in [6.45, 7) is 10.1. The molecule has 0 radical (unpaired) electrons. The van der Waals surface area contributed by atoms with Gasteiger partial charge in [-0.1, -0.05) is 132 Å². The fourth-order valence-electron chi connectivity index (χ4n) is 2.97. The molecule has 1 nitrogen and oxygen atoms in total. The van der Waals surface area contributed by atoms with Crippen molar-refractivity contribution in [2.75, 3.05) is 6.61 Å². The van der Waals surface area contributed by atoms with Gasteiger partial charge in [0.25, 0.3) is 0 Å². The third kappa shape index (κ3) is 15.1. The lowest BCUT2D eigenvalue weighted by molar-refractivity contribution is 0.148. The number of hydrogen-bond donors (Lipinski definition) is 0. The van der Waals surface area contributed by atoms with E-state index in [1.165, 1.54) is 42.4 Å². The Morgan fingerprint density at radius 2 is 1.42 bits per heavy atom. The molecule has 31 heavy (non-hydrogen) atoms. The second kappa shape index (κ2) is 18.4. The normalized spacial score (nSPS) is 11.8. The third-order valence-corrected chi connectivity index (χ3v) is 4.59. The van der Waals surface area contributed by atoms with Crippen LogP contribution in [0.4, 0.5) is 0 Å². The van der Waals surface area contributed by atoms with Crippen molar-refractivity contribution in [1.82, 2.24) is 0 Å². The molecule has 0 saturated heterocycles. The van der Waals surface area contributed by atoms with E-state index in [2.05, 4.69) is 101 Å². The fraction of sp³-hybridized carbons (Fsp3) is 0.400. The zero-order valence-corrected chi connectivity index (χ0v) is 20.1. The van der Waals surface area contributed by atoms with Gasteiger partial charge in [-0.05, 0) is 41.9 Å². The van der Waals surface area contributed by atoms with Gasteiger partial charge in [-0.15, -0.1) is 0 Å². The smallest absolute Gasteiger partial charge is 0.0721 e. The zero-order chi connectivity index (χ0) is 22.6. The SMILES string of the molecule is CCCCc1ccccc1.CCC\C=C/C(/C=C\COCc1ccccc1)=C/C(C)C. The van der Waals surface area contributed by atoms with Crippen molar-refractivity contribution < 1.29 is 4.74 Å². The summed E-state index contributed by atoms with van der Waals surface area (Å²) in [6.07, 6.45) is 17.1. The lowest BCUT2D eigenvalue weighted by Gasteiger charge is -2.02. The Hall–Kier alpha value is -2.38. The number of rotatable bonds is 12. The maximum Gasteiger partial charge on any atom is 0.0721 e. The van der Waals surface area contributed by atoms with Crippen LogP contribution in [-0.4, -0.2) is 6.61 Å². The van der Waals surface area contributed by atoms with E-state index in [-0.39, 0.29) is 0 Å². The highest BCUT2D eigenvalue weighted by Crippen LogP contribution is 2.08. The Morgan fingerprint density at radius 1 is 0.806 bits per heavy atom. The molecule has 1 heteroatoms. The molecule has 2 aromatic rings. The largest absolute Gasteiger partial charge is 0.373 e. The first-order valence-electron chi connectivity index (χ1n) is 11.9. The van der Waals surface area contributed by atoms with Crippen LogP contribution in [0.25, 0.3) is 0 Å². The predicted molar refractivity (Wildman–Crippen MR) is 137 cm³/mol. The van der Waals surface area contributed by atoms with E-state index in [0.717, 1.165) is 6.42 Å². The summed E-state index contributed by atoms with van der Waals surface area (Å²) in [5.41, 5.74) is 3.94. The van der Waals surface area contributed by atoms with E-state index in [1.807, 2.05) is 18.2 Å². The zero-order valence-electron chi connectivity index (χ0n) is 20.1. The Kier molecular flexibility index (Phi) is 15.8. The average molecular weight is 419 g/mol. The summed E-state index contributed by atoms with van der Waals surface area (Å²) in [5.74, 6) is 0.557. The molecule has 0 fully saturated rings. The lowest BCUT2D eigenvalue weighted by atomic mass is 10.1. The molecule has 0 aliphatic carbocycles. The van der Waals surface area contributed by atoms with Gasteiger partial charge in [0, 0.05) is 0 Å². The van der Waals surface area contributed by atoms with E-state index < -0.39 is 0 Å². The first-order valence-corrected chi connectivity index (χ1v) is 11.9. The van der Waals surface area contributed by atoms with Crippen LogP contribution in [0, 0.1) is 5.92 Å². The predicted octanol–water partition coefficient (Wildman–Crippen LogP) is 8.73. The number of ether oxygens (including phenoxy) is 1. The minimum Gasteiger partial charge on any atom is -0.373 e. The standard InChI is InChI=1S/C20H28O.C10H14/c1-4-5-7-11-19(16-18(2)3)14-10-15-21-17-20-12-8-6-9-13-20;1-2-3-7-10-8-5-4-6-9-10/h6-14,16,18H,4-5,15,17H2,1-3H3;4-6,8-9H,2-3,7H2,1H3/b11-7-,14-10-,19-16-;. The van der Waals surface area contributed by atoms with Gasteiger partial charge in [0.15, 0.2) is 0 Å². The number of benzene rings is 2. The van der Waals surface area contributed by atoms with Gasteiger partial charge < -0.3 is 4.74 Å². The van der Waals surface area contributed by atoms with Crippen molar-refractivity contribution in [3.05, 3.63) is 108 Å². The highest BCUT2D eigenvalue weighted by molar-refractivity contribution is 5.31. The number of allylic oxidation sites excluding steroid dienone is 5. The summed E-state index contributed by atoms with van der Waals surface area (Å²) in [6, 6.07) is 20.9. The monoisotopic (exact) mass is 418 g/mol. The highest BCUT2D eigenvalue weighted by atomic mass is 16.5.